The minimum Gasteiger partial charge on any atom is -0.328 e. The number of amides is 1. The van der Waals surface area contributed by atoms with E-state index in [1.54, 1.807) is 12.3 Å². The molecule has 1 aliphatic carbocycles. The molecule has 1 saturated carbocycles. The van der Waals surface area contributed by atoms with E-state index in [2.05, 4.69) is 29.2 Å². The number of nitrogens with one attached hydrogen (secondary N) is 1. The van der Waals surface area contributed by atoms with Crippen LogP contribution in [0.1, 0.15) is 45.2 Å². The Hall–Kier alpha value is -2.28. The van der Waals surface area contributed by atoms with E-state index in [1.807, 2.05) is 4.68 Å². The third kappa shape index (κ3) is 3.60. The predicted molar refractivity (Wildman–Crippen MR) is 101 cm³/mol. The minimum absolute atomic E-state index is 0.0737. The van der Waals surface area contributed by atoms with Crippen molar-refractivity contribution in [2.75, 3.05) is 5.32 Å². The highest BCUT2D eigenvalue weighted by atomic mass is 19.1. The molecule has 4 rings (SSSR count). The average molecular weight is 371 g/mol. The normalized spacial score (nSPS) is 23.9. The summed E-state index contributed by atoms with van der Waals surface area (Å²) in [5.41, 5.74) is 8.33. The molecule has 1 unspecified atom stereocenters. The number of anilines is 1. The van der Waals surface area contributed by atoms with Crippen LogP contribution in [0.3, 0.4) is 0 Å². The Bertz CT molecular complexity index is 875. The second-order valence-electron chi connectivity index (χ2n) is 8.67. The first-order valence-electron chi connectivity index (χ1n) is 9.59. The Labute approximate surface area is 158 Å². The highest BCUT2D eigenvalue weighted by Gasteiger charge is 2.32. The lowest BCUT2D eigenvalue weighted by atomic mass is 9.85. The summed E-state index contributed by atoms with van der Waals surface area (Å²) in [6.07, 6.45) is 7.15. The van der Waals surface area contributed by atoms with E-state index >= 15 is 0 Å². The first kappa shape index (κ1) is 18.1. The molecule has 2 aromatic rings. The van der Waals surface area contributed by atoms with Gasteiger partial charge >= 0.3 is 0 Å². The van der Waals surface area contributed by atoms with Crippen LogP contribution in [-0.4, -0.2) is 26.7 Å². The van der Waals surface area contributed by atoms with E-state index in [4.69, 9.17) is 5.73 Å². The second kappa shape index (κ2) is 6.71. The number of carbonyl (C=O) groups excluding carboxylic acids is 1. The van der Waals surface area contributed by atoms with Gasteiger partial charge in [0.2, 0.25) is 5.91 Å². The van der Waals surface area contributed by atoms with E-state index < -0.39 is 5.82 Å². The molecule has 0 radical (unpaired) electrons. The molecule has 1 aliphatic heterocycles. The number of hydrogen-bond donors (Lipinski definition) is 2. The van der Waals surface area contributed by atoms with Crippen LogP contribution in [0.15, 0.2) is 18.5 Å². The molecule has 0 spiro atoms. The van der Waals surface area contributed by atoms with Gasteiger partial charge in [-0.25, -0.2) is 9.37 Å². The predicted octanol–water partition coefficient (Wildman–Crippen LogP) is 3.12. The van der Waals surface area contributed by atoms with Crippen molar-refractivity contribution in [1.29, 1.82) is 0 Å². The fourth-order valence-corrected chi connectivity index (χ4v) is 4.28. The number of nitrogens with two attached hydrogens (primary N) is 1. The molecule has 0 saturated heterocycles. The standard InChI is InChI=1S/C20H26FN5O/c1-20(2)8-17-15(9-24-26(17)11-20)14-7-18(23-10-16(14)21)25-19(27)12-4-3-5-13(22)6-12/h7,9-10,12-13H,3-6,8,11,22H2,1-2H3,(H,23,25,27)/t12?,13-/m1/s1. The summed E-state index contributed by atoms with van der Waals surface area (Å²) in [5, 5.41) is 7.26. The molecule has 0 aromatic carbocycles. The van der Waals surface area contributed by atoms with Crippen LogP contribution in [0.25, 0.3) is 11.1 Å². The lowest BCUT2D eigenvalue weighted by Gasteiger charge is -2.25. The van der Waals surface area contributed by atoms with E-state index in [1.165, 1.54) is 6.20 Å². The van der Waals surface area contributed by atoms with Gasteiger partial charge in [-0.3, -0.25) is 9.48 Å². The fraction of sp³-hybridized carbons (Fsp3) is 0.550. The Balaban J connectivity index is 1.57. The maximum Gasteiger partial charge on any atom is 0.228 e. The van der Waals surface area contributed by atoms with Crippen LogP contribution in [0, 0.1) is 17.2 Å². The molecule has 3 heterocycles. The van der Waals surface area contributed by atoms with E-state index in [0.29, 0.717) is 17.8 Å². The summed E-state index contributed by atoms with van der Waals surface area (Å²) in [4.78, 5) is 16.6. The number of hydrogen-bond acceptors (Lipinski definition) is 4. The average Bonchev–Trinajstić information content (AvgIpc) is 3.11. The monoisotopic (exact) mass is 371 g/mol. The molecule has 1 amide bonds. The van der Waals surface area contributed by atoms with Crippen molar-refractivity contribution in [2.45, 2.75) is 58.5 Å². The molecule has 2 aliphatic rings. The Morgan fingerprint density at radius 3 is 2.93 bits per heavy atom. The lowest BCUT2D eigenvalue weighted by molar-refractivity contribution is -0.120. The smallest absolute Gasteiger partial charge is 0.228 e. The molecular formula is C20H26FN5O. The molecule has 6 nitrogen and oxygen atoms in total. The quantitative estimate of drug-likeness (QED) is 0.868. The van der Waals surface area contributed by atoms with Crippen LogP contribution in [0.5, 0.6) is 0 Å². The first-order valence-corrected chi connectivity index (χ1v) is 9.59. The van der Waals surface area contributed by atoms with Gasteiger partial charge in [0.15, 0.2) is 0 Å². The van der Waals surface area contributed by atoms with Crippen molar-refractivity contribution in [1.82, 2.24) is 14.8 Å². The zero-order valence-corrected chi connectivity index (χ0v) is 15.8. The SMILES string of the molecule is CC1(C)Cc2c(-c3cc(NC(=O)C4CCC[C@@H](N)C4)ncc3F)cnn2C1. The van der Waals surface area contributed by atoms with Crippen molar-refractivity contribution in [3.63, 3.8) is 0 Å². The maximum absolute atomic E-state index is 14.5. The molecule has 7 heteroatoms. The van der Waals surface area contributed by atoms with Gasteiger partial charge in [0, 0.05) is 35.3 Å². The molecule has 27 heavy (non-hydrogen) atoms. The zero-order chi connectivity index (χ0) is 19.2. The van der Waals surface area contributed by atoms with Crippen LogP contribution in [-0.2, 0) is 17.8 Å². The molecule has 3 N–H and O–H groups in total. The van der Waals surface area contributed by atoms with Gasteiger partial charge < -0.3 is 11.1 Å². The Morgan fingerprint density at radius 1 is 1.33 bits per heavy atom. The number of aromatic nitrogens is 3. The van der Waals surface area contributed by atoms with Gasteiger partial charge in [0.05, 0.1) is 12.4 Å². The summed E-state index contributed by atoms with van der Waals surface area (Å²) in [5.74, 6) is -0.234. The summed E-state index contributed by atoms with van der Waals surface area (Å²) in [7, 11) is 0. The van der Waals surface area contributed by atoms with Gasteiger partial charge in [0.1, 0.15) is 11.6 Å². The third-order valence-corrected chi connectivity index (χ3v) is 5.65. The van der Waals surface area contributed by atoms with Crippen LogP contribution in [0.2, 0.25) is 0 Å². The number of carbonyl (C=O) groups is 1. The summed E-state index contributed by atoms with van der Waals surface area (Å²) >= 11 is 0. The highest BCUT2D eigenvalue weighted by molar-refractivity contribution is 5.92. The third-order valence-electron chi connectivity index (χ3n) is 5.65. The van der Waals surface area contributed by atoms with Gasteiger partial charge in [-0.15, -0.1) is 0 Å². The lowest BCUT2D eigenvalue weighted by Crippen LogP contribution is -2.34. The van der Waals surface area contributed by atoms with Crippen molar-refractivity contribution < 1.29 is 9.18 Å². The van der Waals surface area contributed by atoms with Crippen molar-refractivity contribution in [3.05, 3.63) is 30.0 Å². The van der Waals surface area contributed by atoms with Crippen molar-refractivity contribution in [2.24, 2.45) is 17.1 Å². The summed E-state index contributed by atoms with van der Waals surface area (Å²) < 4.78 is 16.4. The number of fused-ring (bicyclic) bond motifs is 1. The first-order chi connectivity index (χ1) is 12.8. The Morgan fingerprint density at radius 2 is 2.15 bits per heavy atom. The number of halogens is 1. The second-order valence-corrected chi connectivity index (χ2v) is 8.67. The number of nitrogens with zero attached hydrogens (tertiary/aromatic N) is 3. The molecular weight excluding hydrogens is 345 g/mol. The van der Waals surface area contributed by atoms with Gasteiger partial charge in [-0.2, -0.15) is 5.10 Å². The van der Waals surface area contributed by atoms with Gasteiger partial charge in [-0.1, -0.05) is 20.3 Å². The Kier molecular flexibility index (Phi) is 4.50. The van der Waals surface area contributed by atoms with Crippen LogP contribution >= 0.6 is 0 Å². The summed E-state index contributed by atoms with van der Waals surface area (Å²) in [6, 6.07) is 1.68. The highest BCUT2D eigenvalue weighted by Crippen LogP contribution is 2.38. The van der Waals surface area contributed by atoms with Gasteiger partial charge in [-0.05, 0) is 37.2 Å². The van der Waals surface area contributed by atoms with E-state index in [0.717, 1.165) is 43.5 Å². The van der Waals surface area contributed by atoms with E-state index in [-0.39, 0.29) is 23.3 Å². The van der Waals surface area contributed by atoms with Gasteiger partial charge in [0.25, 0.3) is 0 Å². The van der Waals surface area contributed by atoms with Crippen LogP contribution < -0.4 is 11.1 Å². The molecule has 2 aromatic heterocycles. The number of pyridine rings is 1. The van der Waals surface area contributed by atoms with Crippen molar-refractivity contribution >= 4 is 11.7 Å². The maximum atomic E-state index is 14.5. The zero-order valence-electron chi connectivity index (χ0n) is 15.8. The van der Waals surface area contributed by atoms with E-state index in [9.17, 15) is 9.18 Å². The fourth-order valence-electron chi connectivity index (χ4n) is 4.28. The molecule has 1 fully saturated rings. The summed E-state index contributed by atoms with van der Waals surface area (Å²) in [6.45, 7) is 5.17. The minimum atomic E-state index is -0.409. The van der Waals surface area contributed by atoms with Crippen LogP contribution in [0.4, 0.5) is 10.2 Å². The molecule has 2 atom stereocenters. The van der Waals surface area contributed by atoms with Crippen molar-refractivity contribution in [3.8, 4) is 11.1 Å². The number of rotatable bonds is 3. The topological polar surface area (TPSA) is 85.8 Å². The largest absolute Gasteiger partial charge is 0.328 e. The molecule has 144 valence electrons. The molecule has 0 bridgehead atoms.